The number of aliphatic hydroxyl groups excluding tert-OH is 4. The third kappa shape index (κ3) is 8.73. The van der Waals surface area contributed by atoms with Crippen molar-refractivity contribution in [3.8, 4) is 11.6 Å². The summed E-state index contributed by atoms with van der Waals surface area (Å²) in [6.07, 6.45) is -5.68. The van der Waals surface area contributed by atoms with Crippen molar-refractivity contribution in [2.75, 3.05) is 52.5 Å². The van der Waals surface area contributed by atoms with Crippen molar-refractivity contribution in [1.82, 2.24) is 25.7 Å². The Balaban J connectivity index is 1.30. The van der Waals surface area contributed by atoms with Crippen LogP contribution >= 0.6 is 0 Å². The van der Waals surface area contributed by atoms with Crippen molar-refractivity contribution >= 4 is 5.91 Å². The first kappa shape index (κ1) is 35.1. The Hall–Kier alpha value is -2.78. The van der Waals surface area contributed by atoms with Crippen LogP contribution in [-0.4, -0.2) is 125 Å². The van der Waals surface area contributed by atoms with Gasteiger partial charge in [-0.15, -0.1) is 5.10 Å². The van der Waals surface area contributed by atoms with Crippen LogP contribution in [0.2, 0.25) is 0 Å². The number of nitrogens with one attached hydrogen (secondary N) is 3. The highest BCUT2D eigenvalue weighted by atomic mass is 16.7. The summed E-state index contributed by atoms with van der Waals surface area (Å²) in [4.78, 5) is 14.8. The first-order valence-corrected chi connectivity index (χ1v) is 15.9. The molecular weight excluding hydrogens is 582 g/mol. The lowest BCUT2D eigenvalue weighted by atomic mass is 9.91. The molecular formula is C32H51N5O8. The second kappa shape index (κ2) is 15.7. The Morgan fingerprint density at radius 2 is 1.91 bits per heavy atom. The highest BCUT2D eigenvalue weighted by Crippen LogP contribution is 2.32. The van der Waals surface area contributed by atoms with Crippen LogP contribution < -0.4 is 20.1 Å². The molecule has 3 heterocycles. The maximum atomic E-state index is 12.9. The molecule has 7 N–H and O–H groups in total. The van der Waals surface area contributed by atoms with Gasteiger partial charge < -0.3 is 50.2 Å². The summed E-state index contributed by atoms with van der Waals surface area (Å²) in [5.74, 6) is 1.27. The molecule has 1 aromatic heterocycles. The van der Waals surface area contributed by atoms with E-state index in [1.807, 2.05) is 57.7 Å². The van der Waals surface area contributed by atoms with E-state index in [9.17, 15) is 25.2 Å². The van der Waals surface area contributed by atoms with E-state index in [1.165, 1.54) is 0 Å². The number of hydrogen-bond donors (Lipinski definition) is 7. The number of aromatic amines is 1. The van der Waals surface area contributed by atoms with E-state index < -0.39 is 42.7 Å². The van der Waals surface area contributed by atoms with E-state index in [2.05, 4.69) is 20.8 Å². The summed E-state index contributed by atoms with van der Waals surface area (Å²) in [7, 11) is 0. The number of nitrogens with zero attached hydrogens (tertiary/aromatic N) is 2. The Morgan fingerprint density at radius 3 is 2.58 bits per heavy atom. The Bertz CT molecular complexity index is 1250. The first-order chi connectivity index (χ1) is 21.4. The SMILES string of the molecule is Cc1cc(OCCCNCC(C)(C)C(=O)N2CCNCC2)ccc1Cc1c(OC2OC(CO)[C@@H](O)C(O)[C@H]2O)n[nH]c1C(C)C. The van der Waals surface area contributed by atoms with E-state index >= 15 is 0 Å². The molecule has 2 fully saturated rings. The Kier molecular flexibility index (Phi) is 12.2. The second-order valence-corrected chi connectivity index (χ2v) is 13.0. The van der Waals surface area contributed by atoms with Gasteiger partial charge in [0.1, 0.15) is 30.2 Å². The number of H-pyrrole nitrogens is 1. The van der Waals surface area contributed by atoms with Crippen LogP contribution in [-0.2, 0) is 16.0 Å². The molecule has 5 atom stereocenters. The molecule has 0 spiro atoms. The summed E-state index contributed by atoms with van der Waals surface area (Å²) in [5.41, 5.74) is 3.23. The molecule has 13 heteroatoms. The number of carbonyl (C=O) groups excluding carboxylic acids is 1. The smallest absolute Gasteiger partial charge is 0.238 e. The van der Waals surface area contributed by atoms with Gasteiger partial charge in [-0.1, -0.05) is 19.9 Å². The van der Waals surface area contributed by atoms with E-state index in [0.717, 1.165) is 67.3 Å². The number of aliphatic hydroxyl groups is 4. The number of rotatable bonds is 14. The fourth-order valence-corrected chi connectivity index (χ4v) is 5.69. The minimum Gasteiger partial charge on any atom is -0.494 e. The molecule has 1 amide bonds. The standard InChI is InChI=1S/C32H51N5O8/c1-19(2)25-23(29(36-35-25)45-30-28(41)27(40)26(39)24(17-38)44-30)16-21-7-8-22(15-20(21)3)43-14-6-9-34-18-32(4,5)31(42)37-12-10-33-11-13-37/h7-8,15,19,24,26-28,30,33-34,38-41H,6,9-14,16-18H2,1-5H3,(H,35,36)/t24?,26-,27?,28-,30?/m1/s1. The van der Waals surface area contributed by atoms with Gasteiger partial charge in [-0.2, -0.15) is 0 Å². The largest absolute Gasteiger partial charge is 0.494 e. The van der Waals surface area contributed by atoms with Crippen molar-refractivity contribution in [3.63, 3.8) is 0 Å². The van der Waals surface area contributed by atoms with Gasteiger partial charge in [0.15, 0.2) is 0 Å². The first-order valence-electron chi connectivity index (χ1n) is 15.9. The van der Waals surface area contributed by atoms with Crippen molar-refractivity contribution in [2.24, 2.45) is 5.41 Å². The molecule has 4 rings (SSSR count). The number of hydrogen-bond acceptors (Lipinski definition) is 11. The van der Waals surface area contributed by atoms with Gasteiger partial charge in [0.25, 0.3) is 0 Å². The van der Waals surface area contributed by atoms with E-state index in [-0.39, 0.29) is 17.7 Å². The summed E-state index contributed by atoms with van der Waals surface area (Å²) >= 11 is 0. The quantitative estimate of drug-likeness (QED) is 0.143. The average Bonchev–Trinajstić information content (AvgIpc) is 3.42. The molecule has 3 unspecified atom stereocenters. The molecule has 0 bridgehead atoms. The normalized spacial score (nSPS) is 24.2. The minimum atomic E-state index is -1.54. The van der Waals surface area contributed by atoms with Crippen LogP contribution in [0.4, 0.5) is 0 Å². The average molecular weight is 634 g/mol. The van der Waals surface area contributed by atoms with Crippen LogP contribution in [0.3, 0.4) is 0 Å². The number of aryl methyl sites for hydroxylation is 1. The maximum absolute atomic E-state index is 12.9. The fourth-order valence-electron chi connectivity index (χ4n) is 5.69. The maximum Gasteiger partial charge on any atom is 0.238 e. The topological polar surface area (TPSA) is 182 Å². The minimum absolute atomic E-state index is 0.0990. The predicted molar refractivity (Wildman–Crippen MR) is 167 cm³/mol. The molecule has 2 aliphatic rings. The highest BCUT2D eigenvalue weighted by molar-refractivity contribution is 5.82. The lowest BCUT2D eigenvalue weighted by molar-refractivity contribution is -0.278. The van der Waals surface area contributed by atoms with Crippen molar-refractivity contribution in [1.29, 1.82) is 0 Å². The highest BCUT2D eigenvalue weighted by Gasteiger charge is 2.45. The van der Waals surface area contributed by atoms with Crippen LogP contribution in [0, 0.1) is 12.3 Å². The fraction of sp³-hybridized carbons (Fsp3) is 0.688. The zero-order valence-corrected chi connectivity index (χ0v) is 27.1. The summed E-state index contributed by atoms with van der Waals surface area (Å²) in [5, 5.41) is 54.3. The third-order valence-corrected chi connectivity index (χ3v) is 8.51. The van der Waals surface area contributed by atoms with Crippen LogP contribution in [0.25, 0.3) is 0 Å². The van der Waals surface area contributed by atoms with Crippen LogP contribution in [0.5, 0.6) is 11.6 Å². The summed E-state index contributed by atoms with van der Waals surface area (Å²) in [6.45, 7) is 14.6. The number of aromatic nitrogens is 2. The van der Waals surface area contributed by atoms with E-state index in [0.29, 0.717) is 19.6 Å². The van der Waals surface area contributed by atoms with Gasteiger partial charge in [-0.05, 0) is 62.9 Å². The van der Waals surface area contributed by atoms with Gasteiger partial charge >= 0.3 is 0 Å². The van der Waals surface area contributed by atoms with Gasteiger partial charge in [-0.25, -0.2) is 0 Å². The van der Waals surface area contributed by atoms with Crippen LogP contribution in [0.15, 0.2) is 18.2 Å². The molecule has 2 aliphatic heterocycles. The molecule has 13 nitrogen and oxygen atoms in total. The molecule has 45 heavy (non-hydrogen) atoms. The third-order valence-electron chi connectivity index (χ3n) is 8.51. The lowest BCUT2D eigenvalue weighted by Gasteiger charge is -2.39. The number of piperazine rings is 1. The van der Waals surface area contributed by atoms with Gasteiger partial charge in [-0.3, -0.25) is 9.89 Å². The number of amides is 1. The molecule has 2 saturated heterocycles. The molecule has 2 aromatic rings. The monoisotopic (exact) mass is 633 g/mol. The Labute approximate surface area is 265 Å². The van der Waals surface area contributed by atoms with Crippen molar-refractivity contribution in [2.45, 2.75) is 84.1 Å². The zero-order chi connectivity index (χ0) is 32.7. The molecule has 1 aromatic carbocycles. The van der Waals surface area contributed by atoms with E-state index in [1.54, 1.807) is 0 Å². The Morgan fingerprint density at radius 1 is 1.18 bits per heavy atom. The molecule has 252 valence electrons. The van der Waals surface area contributed by atoms with Crippen molar-refractivity contribution < 1.29 is 39.4 Å². The van der Waals surface area contributed by atoms with Crippen LogP contribution in [0.1, 0.15) is 62.4 Å². The molecule has 0 radical (unpaired) electrons. The summed E-state index contributed by atoms with van der Waals surface area (Å²) < 4.78 is 17.5. The van der Waals surface area contributed by atoms with Gasteiger partial charge in [0, 0.05) is 50.4 Å². The van der Waals surface area contributed by atoms with Gasteiger partial charge in [0.05, 0.1) is 18.6 Å². The zero-order valence-electron chi connectivity index (χ0n) is 27.1. The number of benzene rings is 1. The molecule has 0 aliphatic carbocycles. The number of carbonyl (C=O) groups is 1. The lowest BCUT2D eigenvalue weighted by Crippen LogP contribution is -2.60. The number of ether oxygens (including phenoxy) is 3. The summed E-state index contributed by atoms with van der Waals surface area (Å²) in [6, 6.07) is 5.92. The molecule has 0 saturated carbocycles. The second-order valence-electron chi connectivity index (χ2n) is 13.0. The predicted octanol–water partition coefficient (Wildman–Crippen LogP) is 0.428. The van der Waals surface area contributed by atoms with Crippen molar-refractivity contribution in [3.05, 3.63) is 40.6 Å². The van der Waals surface area contributed by atoms with Gasteiger partial charge in [0.2, 0.25) is 18.1 Å². The van der Waals surface area contributed by atoms with E-state index in [4.69, 9.17) is 14.2 Å².